The zero-order valence-corrected chi connectivity index (χ0v) is 21.8. The van der Waals surface area contributed by atoms with Crippen molar-refractivity contribution in [1.82, 2.24) is 9.88 Å². The average molecular weight is 511 g/mol. The van der Waals surface area contributed by atoms with Crippen LogP contribution < -0.4 is 4.74 Å². The number of likely N-dealkylation sites (tertiary alicyclic amines) is 1. The van der Waals surface area contributed by atoms with E-state index in [1.54, 1.807) is 19.4 Å². The Bertz CT molecular complexity index is 1170. The Hall–Kier alpha value is -2.64. The molecule has 0 saturated carbocycles. The first-order valence-electron chi connectivity index (χ1n) is 12.7. The number of carboxylic acid groups (broad SMARTS) is 1. The predicted molar refractivity (Wildman–Crippen MR) is 144 cm³/mol. The van der Waals surface area contributed by atoms with E-state index in [1.165, 1.54) is 10.5 Å². The average Bonchev–Trinajstić information content (AvgIpc) is 2.89. The number of methoxy groups -OCH3 is 1. The standard InChI is InChI=1S/C29H35FN2O3S/c1-20-5-3-6-23(17-20)36-16-4-14-32-15-12-21(26(19-32)29(33)34)7-9-27(30)24-11-13-31-28-10-8-22(35-2)18-25(24)28/h3,5-6,8,10-11,13,17-18,21,26-27H,4,7,9,12,14-16,19H2,1-2H3,(H,33,34)/t21-,26+,27?/m1/s1. The number of aliphatic carboxylic acids is 1. The molecule has 1 unspecified atom stereocenters. The van der Waals surface area contributed by atoms with Crippen molar-refractivity contribution in [3.63, 3.8) is 0 Å². The molecule has 2 aromatic carbocycles. The highest BCUT2D eigenvalue weighted by Gasteiger charge is 2.34. The fraction of sp³-hybridized carbons (Fsp3) is 0.448. The van der Waals surface area contributed by atoms with E-state index >= 15 is 4.39 Å². The Morgan fingerprint density at radius 3 is 2.92 bits per heavy atom. The Morgan fingerprint density at radius 1 is 1.28 bits per heavy atom. The van der Waals surface area contributed by atoms with Crippen LogP contribution in [0.4, 0.5) is 4.39 Å². The number of pyridine rings is 1. The summed E-state index contributed by atoms with van der Waals surface area (Å²) in [7, 11) is 1.59. The smallest absolute Gasteiger partial charge is 0.308 e. The van der Waals surface area contributed by atoms with Gasteiger partial charge >= 0.3 is 5.97 Å². The highest BCUT2D eigenvalue weighted by atomic mass is 32.2. The second-order valence-corrected chi connectivity index (χ2v) is 10.8. The molecule has 36 heavy (non-hydrogen) atoms. The van der Waals surface area contributed by atoms with Crippen LogP contribution in [0.15, 0.2) is 59.6 Å². The van der Waals surface area contributed by atoms with E-state index in [4.69, 9.17) is 4.74 Å². The molecule has 3 atom stereocenters. The lowest BCUT2D eigenvalue weighted by atomic mass is 9.81. The summed E-state index contributed by atoms with van der Waals surface area (Å²) in [5.74, 6) is 0.439. The zero-order valence-electron chi connectivity index (χ0n) is 21.0. The van der Waals surface area contributed by atoms with Gasteiger partial charge < -0.3 is 14.7 Å². The summed E-state index contributed by atoms with van der Waals surface area (Å²) in [6.07, 6.45) is 3.13. The number of thioether (sulfide) groups is 1. The van der Waals surface area contributed by atoms with E-state index < -0.39 is 18.1 Å². The molecule has 1 aliphatic heterocycles. The summed E-state index contributed by atoms with van der Waals surface area (Å²) in [6.45, 7) is 4.41. The van der Waals surface area contributed by atoms with Gasteiger partial charge in [0.15, 0.2) is 0 Å². The number of carbonyl (C=O) groups is 1. The number of fused-ring (bicyclic) bond motifs is 1. The Morgan fingerprint density at radius 2 is 2.14 bits per heavy atom. The Kier molecular flexibility index (Phi) is 9.21. The molecule has 1 aromatic heterocycles. The summed E-state index contributed by atoms with van der Waals surface area (Å²) >= 11 is 1.85. The van der Waals surface area contributed by atoms with Gasteiger partial charge in [-0.2, -0.15) is 0 Å². The Labute approximate surface area is 217 Å². The lowest BCUT2D eigenvalue weighted by Crippen LogP contribution is -2.44. The fourth-order valence-electron chi connectivity index (χ4n) is 5.14. The molecule has 5 nitrogen and oxygen atoms in total. The third kappa shape index (κ3) is 6.77. The molecule has 1 aliphatic rings. The number of ether oxygens (including phenoxy) is 1. The van der Waals surface area contributed by atoms with Crippen LogP contribution in [-0.2, 0) is 4.79 Å². The van der Waals surface area contributed by atoms with Crippen LogP contribution in [0.3, 0.4) is 0 Å². The Balaban J connectivity index is 1.29. The minimum absolute atomic E-state index is 0.0127. The monoisotopic (exact) mass is 510 g/mol. The van der Waals surface area contributed by atoms with Crippen molar-refractivity contribution < 1.29 is 19.0 Å². The zero-order chi connectivity index (χ0) is 25.5. The van der Waals surface area contributed by atoms with Crippen LogP contribution >= 0.6 is 11.8 Å². The molecule has 192 valence electrons. The molecule has 0 bridgehead atoms. The van der Waals surface area contributed by atoms with Crippen LogP contribution in [0, 0.1) is 18.8 Å². The number of alkyl halides is 1. The normalized spacial score (nSPS) is 19.3. The van der Waals surface area contributed by atoms with Gasteiger partial charge in [-0.3, -0.25) is 9.78 Å². The van der Waals surface area contributed by atoms with Crippen molar-refractivity contribution in [2.45, 2.75) is 43.7 Å². The summed E-state index contributed by atoms with van der Waals surface area (Å²) < 4.78 is 20.7. The van der Waals surface area contributed by atoms with Crippen LogP contribution in [0.2, 0.25) is 0 Å². The SMILES string of the molecule is COc1ccc2nccc(C(F)CC[C@@H]3CCN(CCCSc4cccc(C)c4)C[C@@H]3C(=O)O)c2c1. The lowest BCUT2D eigenvalue weighted by Gasteiger charge is -2.36. The van der Waals surface area contributed by atoms with Gasteiger partial charge in [0.05, 0.1) is 18.5 Å². The van der Waals surface area contributed by atoms with Gasteiger partial charge in [-0.1, -0.05) is 17.7 Å². The second-order valence-electron chi connectivity index (χ2n) is 9.64. The van der Waals surface area contributed by atoms with E-state index in [2.05, 4.69) is 41.1 Å². The van der Waals surface area contributed by atoms with Crippen LogP contribution in [0.5, 0.6) is 5.75 Å². The maximum atomic E-state index is 15.4. The number of nitrogens with zero attached hydrogens (tertiary/aromatic N) is 2. The van der Waals surface area contributed by atoms with Gasteiger partial charge in [0.2, 0.25) is 0 Å². The molecule has 0 spiro atoms. The van der Waals surface area contributed by atoms with Crippen molar-refractivity contribution >= 4 is 28.6 Å². The highest BCUT2D eigenvalue weighted by Crippen LogP contribution is 2.35. The molecule has 0 radical (unpaired) electrons. The number of hydrogen-bond donors (Lipinski definition) is 1. The van der Waals surface area contributed by atoms with Crippen LogP contribution in [0.25, 0.3) is 10.9 Å². The maximum Gasteiger partial charge on any atom is 0.308 e. The molecular formula is C29H35FN2O3S. The first-order chi connectivity index (χ1) is 17.4. The number of carboxylic acids is 1. The van der Waals surface area contributed by atoms with Crippen LogP contribution in [-0.4, -0.2) is 53.5 Å². The summed E-state index contributed by atoms with van der Waals surface area (Å²) in [5.41, 5.74) is 2.58. The number of aryl methyl sites for hydroxylation is 1. The molecular weight excluding hydrogens is 475 g/mol. The number of piperidine rings is 1. The minimum atomic E-state index is -1.17. The molecule has 4 rings (SSSR count). The second kappa shape index (κ2) is 12.5. The number of hydrogen-bond acceptors (Lipinski definition) is 5. The largest absolute Gasteiger partial charge is 0.497 e. The topological polar surface area (TPSA) is 62.7 Å². The summed E-state index contributed by atoms with van der Waals surface area (Å²) in [4.78, 5) is 20.0. The number of aromatic nitrogens is 1. The quantitative estimate of drug-likeness (QED) is 0.233. The third-order valence-corrected chi connectivity index (χ3v) is 8.23. The van der Waals surface area contributed by atoms with Crippen molar-refractivity contribution in [3.8, 4) is 5.75 Å². The summed E-state index contributed by atoms with van der Waals surface area (Å²) in [6, 6.07) is 15.7. The molecule has 7 heteroatoms. The van der Waals surface area contributed by atoms with Crippen molar-refractivity contribution in [2.75, 3.05) is 32.5 Å². The van der Waals surface area contributed by atoms with Crippen molar-refractivity contribution in [3.05, 3.63) is 65.9 Å². The van der Waals surface area contributed by atoms with Gasteiger partial charge in [0.1, 0.15) is 11.9 Å². The van der Waals surface area contributed by atoms with E-state index in [1.807, 2.05) is 30.0 Å². The van der Waals surface area contributed by atoms with E-state index in [0.717, 1.165) is 42.6 Å². The molecule has 0 amide bonds. The fourth-order valence-corrected chi connectivity index (χ4v) is 6.10. The number of halogens is 1. The van der Waals surface area contributed by atoms with Gasteiger partial charge in [0, 0.05) is 23.0 Å². The van der Waals surface area contributed by atoms with Gasteiger partial charge in [-0.15, -0.1) is 11.8 Å². The first-order valence-corrected chi connectivity index (χ1v) is 13.6. The van der Waals surface area contributed by atoms with E-state index in [-0.39, 0.29) is 5.92 Å². The van der Waals surface area contributed by atoms with Crippen LogP contribution in [0.1, 0.15) is 43.0 Å². The number of benzene rings is 2. The van der Waals surface area contributed by atoms with E-state index in [0.29, 0.717) is 30.7 Å². The minimum Gasteiger partial charge on any atom is -0.497 e. The maximum absolute atomic E-state index is 15.4. The van der Waals surface area contributed by atoms with Gasteiger partial charge in [0.25, 0.3) is 0 Å². The van der Waals surface area contributed by atoms with Gasteiger partial charge in [-0.05, 0) is 99.3 Å². The predicted octanol–water partition coefficient (Wildman–Crippen LogP) is 6.55. The first kappa shape index (κ1) is 26.4. The van der Waals surface area contributed by atoms with Crippen molar-refractivity contribution in [2.24, 2.45) is 11.8 Å². The molecule has 1 N–H and O–H groups in total. The van der Waals surface area contributed by atoms with Crippen molar-refractivity contribution in [1.29, 1.82) is 0 Å². The molecule has 3 aromatic rings. The molecule has 1 fully saturated rings. The molecule has 2 heterocycles. The lowest BCUT2D eigenvalue weighted by molar-refractivity contribution is -0.146. The van der Waals surface area contributed by atoms with E-state index in [9.17, 15) is 9.90 Å². The summed E-state index contributed by atoms with van der Waals surface area (Å²) in [5, 5.41) is 10.7. The number of rotatable bonds is 11. The molecule has 0 aliphatic carbocycles. The third-order valence-electron chi connectivity index (χ3n) is 7.14. The highest BCUT2D eigenvalue weighted by molar-refractivity contribution is 7.99. The van der Waals surface area contributed by atoms with Gasteiger partial charge in [-0.25, -0.2) is 4.39 Å². The molecule has 1 saturated heterocycles.